The number of hydrogen-bond donors (Lipinski definition) is 0. The van der Waals surface area contributed by atoms with Crippen LogP contribution in [0, 0.1) is 0 Å². The van der Waals surface area contributed by atoms with Crippen molar-refractivity contribution >= 4 is 43.1 Å². The second-order valence-corrected chi connectivity index (χ2v) is 6.71. The van der Waals surface area contributed by atoms with Crippen LogP contribution in [0.25, 0.3) is 43.1 Å². The maximum Gasteiger partial charge on any atom is -0.00236 e. The molecule has 0 saturated heterocycles. The zero-order chi connectivity index (χ0) is 16.3. The standard InChI is InChI=1S/C24H20/c1-3-15-11-13-21-22-14-12-16(4-2)18-8-6-10-20(24(18)22)19-9-5-7-17(15)23(19)21/h5-14H,3-4H2,1-2H3. The highest BCUT2D eigenvalue weighted by Gasteiger charge is 2.14. The largest absolute Gasteiger partial charge is 0.0613 e. The minimum absolute atomic E-state index is 1.08. The fourth-order valence-electron chi connectivity index (χ4n) is 4.45. The average Bonchev–Trinajstić information content (AvgIpc) is 2.65. The molecule has 5 aromatic rings. The summed E-state index contributed by atoms with van der Waals surface area (Å²) in [4.78, 5) is 0. The maximum atomic E-state index is 2.33. The third-order valence-corrected chi connectivity index (χ3v) is 5.60. The lowest BCUT2D eigenvalue weighted by Crippen LogP contribution is -1.92. The van der Waals surface area contributed by atoms with E-state index in [1.807, 2.05) is 0 Å². The molecule has 0 spiro atoms. The molecule has 0 radical (unpaired) electrons. The molecule has 0 nitrogen and oxygen atoms in total. The van der Waals surface area contributed by atoms with Crippen molar-refractivity contribution in [1.29, 1.82) is 0 Å². The first-order valence-electron chi connectivity index (χ1n) is 8.93. The third kappa shape index (κ3) is 1.63. The Kier molecular flexibility index (Phi) is 2.84. The Hall–Kier alpha value is -2.60. The molecule has 24 heavy (non-hydrogen) atoms. The third-order valence-electron chi connectivity index (χ3n) is 5.60. The zero-order valence-electron chi connectivity index (χ0n) is 14.2. The fourth-order valence-corrected chi connectivity index (χ4v) is 4.45. The van der Waals surface area contributed by atoms with Crippen molar-refractivity contribution in [3.05, 3.63) is 71.8 Å². The van der Waals surface area contributed by atoms with Gasteiger partial charge in [0.2, 0.25) is 0 Å². The van der Waals surface area contributed by atoms with Crippen LogP contribution < -0.4 is 0 Å². The Morgan fingerprint density at radius 2 is 0.833 bits per heavy atom. The highest BCUT2D eigenvalue weighted by molar-refractivity contribution is 6.33. The number of fused-ring (bicyclic) bond motifs is 2. The molecular weight excluding hydrogens is 288 g/mol. The van der Waals surface area contributed by atoms with Crippen molar-refractivity contribution in [2.24, 2.45) is 0 Å². The van der Waals surface area contributed by atoms with Gasteiger partial charge >= 0.3 is 0 Å². The van der Waals surface area contributed by atoms with Crippen molar-refractivity contribution in [2.45, 2.75) is 26.7 Å². The normalized spacial score (nSPS) is 12.1. The lowest BCUT2D eigenvalue weighted by atomic mass is 9.86. The van der Waals surface area contributed by atoms with Crippen LogP contribution in [0.2, 0.25) is 0 Å². The van der Waals surface area contributed by atoms with Crippen LogP contribution in [0.15, 0.2) is 60.7 Å². The van der Waals surface area contributed by atoms with Crippen LogP contribution >= 0.6 is 0 Å². The first-order valence-corrected chi connectivity index (χ1v) is 8.93. The van der Waals surface area contributed by atoms with E-state index in [-0.39, 0.29) is 0 Å². The lowest BCUT2D eigenvalue weighted by molar-refractivity contribution is 1.16. The van der Waals surface area contributed by atoms with Crippen LogP contribution in [0.4, 0.5) is 0 Å². The van der Waals surface area contributed by atoms with Crippen LogP contribution in [-0.2, 0) is 12.8 Å². The molecule has 5 aromatic carbocycles. The average molecular weight is 308 g/mol. The van der Waals surface area contributed by atoms with Gasteiger partial charge in [-0.05, 0) is 67.1 Å². The van der Waals surface area contributed by atoms with E-state index >= 15 is 0 Å². The van der Waals surface area contributed by atoms with Crippen LogP contribution in [-0.4, -0.2) is 0 Å². The Balaban J connectivity index is 2.17. The van der Waals surface area contributed by atoms with Gasteiger partial charge in [0.15, 0.2) is 0 Å². The number of rotatable bonds is 2. The molecular formula is C24H20. The number of hydrogen-bond acceptors (Lipinski definition) is 0. The molecule has 0 unspecified atom stereocenters. The first kappa shape index (κ1) is 13.8. The van der Waals surface area contributed by atoms with Gasteiger partial charge in [-0.2, -0.15) is 0 Å². The number of benzene rings is 5. The van der Waals surface area contributed by atoms with Crippen molar-refractivity contribution < 1.29 is 0 Å². The Labute approximate surface area is 142 Å². The van der Waals surface area contributed by atoms with Crippen molar-refractivity contribution in [3.63, 3.8) is 0 Å². The highest BCUT2D eigenvalue weighted by Crippen LogP contribution is 2.41. The summed E-state index contributed by atoms with van der Waals surface area (Å²) < 4.78 is 0. The summed E-state index contributed by atoms with van der Waals surface area (Å²) in [5.74, 6) is 0. The van der Waals surface area contributed by atoms with Gasteiger partial charge in [0.1, 0.15) is 0 Å². The molecule has 0 bridgehead atoms. The van der Waals surface area contributed by atoms with Gasteiger partial charge in [-0.15, -0.1) is 0 Å². The zero-order valence-corrected chi connectivity index (χ0v) is 14.2. The van der Waals surface area contributed by atoms with E-state index in [4.69, 9.17) is 0 Å². The van der Waals surface area contributed by atoms with E-state index < -0.39 is 0 Å². The summed E-state index contributed by atoms with van der Waals surface area (Å²) in [6.45, 7) is 4.49. The molecule has 0 N–H and O–H groups in total. The minimum atomic E-state index is 1.08. The minimum Gasteiger partial charge on any atom is -0.0613 e. The summed E-state index contributed by atoms with van der Waals surface area (Å²) in [5.41, 5.74) is 2.88. The maximum absolute atomic E-state index is 2.33. The monoisotopic (exact) mass is 308 g/mol. The number of aryl methyl sites for hydroxylation is 2. The van der Waals surface area contributed by atoms with E-state index in [0.29, 0.717) is 0 Å². The molecule has 0 fully saturated rings. The van der Waals surface area contributed by atoms with Crippen LogP contribution in [0.3, 0.4) is 0 Å². The lowest BCUT2D eigenvalue weighted by Gasteiger charge is -2.17. The van der Waals surface area contributed by atoms with Gasteiger partial charge < -0.3 is 0 Å². The van der Waals surface area contributed by atoms with Gasteiger partial charge in [0.25, 0.3) is 0 Å². The van der Waals surface area contributed by atoms with Gasteiger partial charge in [-0.1, -0.05) is 74.5 Å². The predicted octanol–water partition coefficient (Wildman–Crippen LogP) is 6.86. The summed E-state index contributed by atoms with van der Waals surface area (Å²) in [6.07, 6.45) is 2.15. The fraction of sp³-hybridized carbons (Fsp3) is 0.167. The molecule has 0 aliphatic heterocycles. The Bertz CT molecular complexity index is 1090. The van der Waals surface area contributed by atoms with Crippen molar-refractivity contribution in [3.8, 4) is 0 Å². The van der Waals surface area contributed by atoms with E-state index in [1.165, 1.54) is 54.2 Å². The van der Waals surface area contributed by atoms with Crippen LogP contribution in [0.5, 0.6) is 0 Å². The van der Waals surface area contributed by atoms with Crippen molar-refractivity contribution in [2.75, 3.05) is 0 Å². The van der Waals surface area contributed by atoms with Gasteiger partial charge in [-0.25, -0.2) is 0 Å². The summed E-state index contributed by atoms with van der Waals surface area (Å²) in [5, 5.41) is 11.3. The Morgan fingerprint density at radius 1 is 0.458 bits per heavy atom. The molecule has 0 saturated carbocycles. The molecule has 0 aliphatic carbocycles. The topological polar surface area (TPSA) is 0 Å². The highest BCUT2D eigenvalue weighted by atomic mass is 14.2. The molecule has 0 heteroatoms. The van der Waals surface area contributed by atoms with Crippen molar-refractivity contribution in [1.82, 2.24) is 0 Å². The first-order chi connectivity index (χ1) is 11.8. The molecule has 0 aromatic heterocycles. The molecule has 5 rings (SSSR count). The quantitative estimate of drug-likeness (QED) is 0.247. The van der Waals surface area contributed by atoms with Gasteiger partial charge in [0.05, 0.1) is 0 Å². The molecule has 116 valence electrons. The van der Waals surface area contributed by atoms with E-state index in [2.05, 4.69) is 74.5 Å². The van der Waals surface area contributed by atoms with Crippen LogP contribution in [0.1, 0.15) is 25.0 Å². The molecule has 0 atom stereocenters. The van der Waals surface area contributed by atoms with E-state index in [0.717, 1.165) is 12.8 Å². The predicted molar refractivity (Wildman–Crippen MR) is 106 cm³/mol. The second kappa shape index (κ2) is 4.95. The molecule has 0 heterocycles. The molecule has 0 amide bonds. The SMILES string of the molecule is CCc1ccc2c3ccc(CC)c4cccc(c5cccc1c52)c43. The van der Waals surface area contributed by atoms with Gasteiger partial charge in [0, 0.05) is 0 Å². The summed E-state index contributed by atoms with van der Waals surface area (Å²) >= 11 is 0. The Morgan fingerprint density at radius 3 is 1.25 bits per heavy atom. The smallest absolute Gasteiger partial charge is 0.00236 e. The summed E-state index contributed by atoms with van der Waals surface area (Å²) in [7, 11) is 0. The van der Waals surface area contributed by atoms with Gasteiger partial charge in [-0.3, -0.25) is 0 Å². The van der Waals surface area contributed by atoms with E-state index in [1.54, 1.807) is 0 Å². The summed E-state index contributed by atoms with van der Waals surface area (Å²) in [6, 6.07) is 22.9. The molecule has 0 aliphatic rings. The second-order valence-electron chi connectivity index (χ2n) is 6.71. The van der Waals surface area contributed by atoms with E-state index in [9.17, 15) is 0 Å².